The smallest absolute Gasteiger partial charge is 0.341 e. The van der Waals surface area contributed by atoms with Gasteiger partial charge in [0.2, 0.25) is 0 Å². The number of carboxylic acids is 1. The minimum absolute atomic E-state index is 0.0768. The topological polar surface area (TPSA) is 109 Å². The van der Waals surface area contributed by atoms with Crippen LogP contribution in [0.5, 0.6) is 11.5 Å². The number of halogens is 1. The molecule has 0 saturated heterocycles. The lowest BCUT2D eigenvalue weighted by atomic mass is 10.1. The Bertz CT molecular complexity index is 994. The molecule has 2 N–H and O–H groups in total. The molecule has 0 radical (unpaired) electrons. The van der Waals surface area contributed by atoms with Crippen LogP contribution in [0.15, 0.2) is 42.0 Å². The molecule has 1 amide bonds. The van der Waals surface area contributed by atoms with Gasteiger partial charge in [0.1, 0.15) is 11.6 Å². The molecule has 156 valence electrons. The summed E-state index contributed by atoms with van der Waals surface area (Å²) in [5.74, 6) is -0.991. The summed E-state index contributed by atoms with van der Waals surface area (Å²) in [4.78, 5) is 23.3. The molecule has 0 aliphatic carbocycles. The van der Waals surface area contributed by atoms with Crippen molar-refractivity contribution in [2.75, 3.05) is 18.5 Å². The van der Waals surface area contributed by atoms with E-state index in [4.69, 9.17) is 14.6 Å². The minimum Gasteiger partial charge on any atom is -0.490 e. The molecule has 0 spiro atoms. The Balaban J connectivity index is 2.29. The standard InChI is InChI=1S/C22H21IN2O5/c1-3-14-5-7-17(8-6-14)25-22(28)16(12-24)9-15-10-18(23)21(30-13-20(26)27)19(11-15)29-4-2/h5-11H,3-4,13H2,1-2H3,(H,25,28)(H,26,27)/b16-9+. The fourth-order valence-corrected chi connectivity index (χ4v) is 3.33. The number of nitrogens with one attached hydrogen (secondary N) is 1. The van der Waals surface area contributed by atoms with Crippen LogP contribution in [0.2, 0.25) is 0 Å². The van der Waals surface area contributed by atoms with Gasteiger partial charge in [-0.2, -0.15) is 5.26 Å². The van der Waals surface area contributed by atoms with Gasteiger partial charge in [0.25, 0.3) is 5.91 Å². The predicted molar refractivity (Wildman–Crippen MR) is 121 cm³/mol. The van der Waals surface area contributed by atoms with E-state index in [1.54, 1.807) is 31.2 Å². The zero-order chi connectivity index (χ0) is 22.1. The lowest BCUT2D eigenvalue weighted by Gasteiger charge is -2.13. The van der Waals surface area contributed by atoms with Crippen molar-refractivity contribution in [2.24, 2.45) is 0 Å². The highest BCUT2D eigenvalue weighted by Crippen LogP contribution is 2.35. The Morgan fingerprint density at radius 3 is 2.47 bits per heavy atom. The van der Waals surface area contributed by atoms with Crippen LogP contribution in [0, 0.1) is 14.9 Å². The average Bonchev–Trinajstić information content (AvgIpc) is 2.72. The number of ether oxygens (including phenoxy) is 2. The van der Waals surface area contributed by atoms with Crippen LogP contribution < -0.4 is 14.8 Å². The summed E-state index contributed by atoms with van der Waals surface area (Å²) >= 11 is 1.99. The zero-order valence-corrected chi connectivity index (χ0v) is 18.7. The van der Waals surface area contributed by atoms with Gasteiger partial charge in [-0.3, -0.25) is 4.79 Å². The van der Waals surface area contributed by atoms with Gasteiger partial charge in [-0.25, -0.2) is 4.79 Å². The molecule has 7 nitrogen and oxygen atoms in total. The molecule has 30 heavy (non-hydrogen) atoms. The molecule has 0 saturated carbocycles. The third-order valence-corrected chi connectivity index (χ3v) is 4.77. The maximum atomic E-state index is 12.5. The molecule has 0 aliphatic rings. The highest BCUT2D eigenvalue weighted by molar-refractivity contribution is 14.1. The van der Waals surface area contributed by atoms with Crippen molar-refractivity contribution < 1.29 is 24.2 Å². The Kier molecular flexibility index (Phi) is 8.68. The Hall–Kier alpha value is -3.06. The number of amides is 1. The van der Waals surface area contributed by atoms with Gasteiger partial charge < -0.3 is 19.9 Å². The monoisotopic (exact) mass is 520 g/mol. The fraction of sp³-hybridized carbons (Fsp3) is 0.227. The van der Waals surface area contributed by atoms with Gasteiger partial charge >= 0.3 is 5.97 Å². The van der Waals surface area contributed by atoms with Gasteiger partial charge in [0.05, 0.1) is 10.2 Å². The number of rotatable bonds is 9. The molecule has 0 unspecified atom stereocenters. The molecule has 0 aliphatic heterocycles. The number of carbonyl (C=O) groups excluding carboxylic acids is 1. The van der Waals surface area contributed by atoms with E-state index in [1.807, 2.05) is 47.7 Å². The number of aryl methyl sites for hydroxylation is 1. The molecule has 8 heteroatoms. The van der Waals surface area contributed by atoms with Gasteiger partial charge in [-0.1, -0.05) is 19.1 Å². The van der Waals surface area contributed by atoms with Crippen molar-refractivity contribution in [1.29, 1.82) is 5.26 Å². The van der Waals surface area contributed by atoms with Crippen LogP contribution in [0.1, 0.15) is 25.0 Å². The second kappa shape index (κ2) is 11.2. The average molecular weight is 520 g/mol. The van der Waals surface area contributed by atoms with Crippen molar-refractivity contribution in [2.45, 2.75) is 20.3 Å². The number of nitriles is 1. The van der Waals surface area contributed by atoms with Gasteiger partial charge in [0, 0.05) is 5.69 Å². The quantitative estimate of drug-likeness (QED) is 0.291. The van der Waals surface area contributed by atoms with Crippen molar-refractivity contribution >= 4 is 46.2 Å². The van der Waals surface area contributed by atoms with Gasteiger partial charge in [0.15, 0.2) is 18.1 Å². The highest BCUT2D eigenvalue weighted by atomic mass is 127. The van der Waals surface area contributed by atoms with Crippen LogP contribution in [0.3, 0.4) is 0 Å². The van der Waals surface area contributed by atoms with Crippen molar-refractivity contribution in [3.05, 3.63) is 56.7 Å². The molecule has 0 atom stereocenters. The maximum Gasteiger partial charge on any atom is 0.341 e. The first-order valence-corrected chi connectivity index (χ1v) is 10.3. The first kappa shape index (κ1) is 23.2. The lowest BCUT2D eigenvalue weighted by Crippen LogP contribution is -2.13. The number of carbonyl (C=O) groups is 2. The summed E-state index contributed by atoms with van der Waals surface area (Å²) in [6.07, 6.45) is 2.34. The molecule has 0 bridgehead atoms. The number of hydrogen-bond acceptors (Lipinski definition) is 5. The normalized spacial score (nSPS) is 10.8. The van der Waals surface area contributed by atoms with E-state index in [1.165, 1.54) is 6.08 Å². The SMILES string of the molecule is CCOc1cc(/C=C(\C#N)C(=O)Nc2ccc(CC)cc2)cc(I)c1OCC(=O)O. The van der Waals surface area contributed by atoms with E-state index in [0.29, 0.717) is 32.9 Å². The third kappa shape index (κ3) is 6.49. The number of anilines is 1. The molecule has 0 heterocycles. The Labute approximate surface area is 188 Å². The minimum atomic E-state index is -1.10. The second-order valence-corrected chi connectivity index (χ2v) is 7.28. The number of carboxylic acid groups (broad SMARTS) is 1. The van der Waals surface area contributed by atoms with Crippen LogP contribution in [0.4, 0.5) is 5.69 Å². The number of aliphatic carboxylic acids is 1. The lowest BCUT2D eigenvalue weighted by molar-refractivity contribution is -0.139. The van der Waals surface area contributed by atoms with Crippen LogP contribution >= 0.6 is 22.6 Å². The van der Waals surface area contributed by atoms with Gasteiger partial charge in [-0.05, 0) is 77.4 Å². The molecule has 2 rings (SSSR count). The largest absolute Gasteiger partial charge is 0.490 e. The molecular formula is C22H21IN2O5. The first-order chi connectivity index (χ1) is 14.4. The number of benzene rings is 2. The van der Waals surface area contributed by atoms with E-state index < -0.39 is 18.5 Å². The molecule has 0 fully saturated rings. The molecule has 2 aromatic rings. The van der Waals surface area contributed by atoms with Gasteiger partial charge in [-0.15, -0.1) is 0 Å². The summed E-state index contributed by atoms with van der Waals surface area (Å²) in [6.45, 7) is 3.66. The van der Waals surface area contributed by atoms with E-state index >= 15 is 0 Å². The van der Waals surface area contributed by atoms with Crippen LogP contribution in [-0.4, -0.2) is 30.2 Å². The second-order valence-electron chi connectivity index (χ2n) is 6.12. The Morgan fingerprint density at radius 1 is 1.20 bits per heavy atom. The summed E-state index contributed by atoms with van der Waals surface area (Å²) < 4.78 is 11.5. The predicted octanol–water partition coefficient (Wildman–Crippen LogP) is 4.26. The zero-order valence-electron chi connectivity index (χ0n) is 16.6. The van der Waals surface area contributed by atoms with Crippen LogP contribution in [0.25, 0.3) is 6.08 Å². The number of nitrogens with zero attached hydrogens (tertiary/aromatic N) is 1. The highest BCUT2D eigenvalue weighted by Gasteiger charge is 2.15. The van der Waals surface area contributed by atoms with Crippen molar-refractivity contribution in [1.82, 2.24) is 0 Å². The molecular weight excluding hydrogens is 499 g/mol. The summed E-state index contributed by atoms with van der Waals surface area (Å²) in [6, 6.07) is 12.6. The van der Waals surface area contributed by atoms with E-state index in [-0.39, 0.29) is 5.57 Å². The summed E-state index contributed by atoms with van der Waals surface area (Å²) in [7, 11) is 0. The van der Waals surface area contributed by atoms with Crippen LogP contribution in [-0.2, 0) is 16.0 Å². The Morgan fingerprint density at radius 2 is 1.90 bits per heavy atom. The van der Waals surface area contributed by atoms with E-state index in [2.05, 4.69) is 5.32 Å². The first-order valence-electron chi connectivity index (χ1n) is 9.20. The molecule has 2 aromatic carbocycles. The van der Waals surface area contributed by atoms with E-state index in [0.717, 1.165) is 12.0 Å². The van der Waals surface area contributed by atoms with E-state index in [9.17, 15) is 14.9 Å². The van der Waals surface area contributed by atoms with Crippen molar-refractivity contribution in [3.63, 3.8) is 0 Å². The summed E-state index contributed by atoms with van der Waals surface area (Å²) in [5, 5.41) is 21.0. The number of hydrogen-bond donors (Lipinski definition) is 2. The summed E-state index contributed by atoms with van der Waals surface area (Å²) in [5.41, 5.74) is 2.22. The maximum absolute atomic E-state index is 12.5. The molecule has 0 aromatic heterocycles. The third-order valence-electron chi connectivity index (χ3n) is 3.97. The fourth-order valence-electron chi connectivity index (χ4n) is 2.55. The van der Waals surface area contributed by atoms with Crippen molar-refractivity contribution in [3.8, 4) is 17.6 Å².